The first-order chi connectivity index (χ1) is 20.5. The number of benzene rings is 2. The van der Waals surface area contributed by atoms with E-state index in [4.69, 9.17) is 4.98 Å². The van der Waals surface area contributed by atoms with Crippen molar-refractivity contribution in [2.45, 2.75) is 6.42 Å². The minimum absolute atomic E-state index is 0.137. The van der Waals surface area contributed by atoms with E-state index < -0.39 is 5.82 Å². The van der Waals surface area contributed by atoms with Crippen molar-refractivity contribution < 1.29 is 14.3 Å². The summed E-state index contributed by atoms with van der Waals surface area (Å²) in [4.78, 5) is 29.4. The number of hydrogen-bond acceptors (Lipinski definition) is 6. The third-order valence-electron chi connectivity index (χ3n) is 6.93. The van der Waals surface area contributed by atoms with Crippen LogP contribution in [0.4, 0.5) is 10.1 Å². The van der Waals surface area contributed by atoms with Crippen LogP contribution in [0.1, 0.15) is 5.56 Å². The SMILES string of the molecule is O=C(Cc1ccccc1)Nc1cncc(-c2ccc3[nH]nc(-c4cc5c(-c6cc(O)cc(F)c6)cncc5[nH]4)c3n2)c1. The van der Waals surface area contributed by atoms with Crippen LogP contribution in [-0.4, -0.2) is 41.1 Å². The highest BCUT2D eigenvalue weighted by atomic mass is 19.1. The number of aromatic amines is 2. The number of halogens is 1. The molecule has 42 heavy (non-hydrogen) atoms. The lowest BCUT2D eigenvalue weighted by Gasteiger charge is -2.07. The quantitative estimate of drug-likeness (QED) is 0.192. The molecule has 0 fully saturated rings. The molecule has 0 unspecified atom stereocenters. The van der Waals surface area contributed by atoms with Crippen LogP contribution in [0.2, 0.25) is 0 Å². The molecule has 0 bridgehead atoms. The van der Waals surface area contributed by atoms with Crippen molar-refractivity contribution in [1.82, 2.24) is 30.1 Å². The Hall–Kier alpha value is -5.90. The molecule has 0 saturated carbocycles. The minimum atomic E-state index is -0.540. The Morgan fingerprint density at radius 2 is 1.74 bits per heavy atom. The zero-order valence-corrected chi connectivity index (χ0v) is 22.0. The van der Waals surface area contributed by atoms with E-state index in [0.717, 1.165) is 33.6 Å². The summed E-state index contributed by atoms with van der Waals surface area (Å²) in [5.74, 6) is -0.842. The van der Waals surface area contributed by atoms with Gasteiger partial charge < -0.3 is 15.4 Å². The lowest BCUT2D eigenvalue weighted by atomic mass is 10.0. The van der Waals surface area contributed by atoms with Gasteiger partial charge in [0.15, 0.2) is 0 Å². The van der Waals surface area contributed by atoms with Crippen molar-refractivity contribution >= 4 is 33.5 Å². The number of carbonyl (C=O) groups is 1. The van der Waals surface area contributed by atoms with Gasteiger partial charge in [0, 0.05) is 35.0 Å². The molecule has 0 spiro atoms. The summed E-state index contributed by atoms with van der Waals surface area (Å²) in [6.45, 7) is 0. The molecule has 1 amide bonds. The van der Waals surface area contributed by atoms with Crippen LogP contribution < -0.4 is 5.32 Å². The van der Waals surface area contributed by atoms with Crippen molar-refractivity contribution in [3.05, 3.63) is 109 Å². The molecule has 0 aliphatic carbocycles. The molecule has 0 aliphatic heterocycles. The van der Waals surface area contributed by atoms with E-state index in [0.29, 0.717) is 39.4 Å². The Labute approximate surface area is 238 Å². The van der Waals surface area contributed by atoms with Gasteiger partial charge in [-0.1, -0.05) is 30.3 Å². The van der Waals surface area contributed by atoms with Gasteiger partial charge in [-0.3, -0.25) is 19.9 Å². The predicted molar refractivity (Wildman–Crippen MR) is 158 cm³/mol. The highest BCUT2D eigenvalue weighted by molar-refractivity contribution is 6.00. The number of aromatic nitrogens is 6. The molecule has 0 saturated heterocycles. The Balaban J connectivity index is 1.22. The molecule has 2 aromatic carbocycles. The predicted octanol–water partition coefficient (Wildman–Crippen LogP) is 6.26. The van der Waals surface area contributed by atoms with E-state index in [-0.39, 0.29) is 18.1 Å². The summed E-state index contributed by atoms with van der Waals surface area (Å²) < 4.78 is 14.0. The lowest BCUT2D eigenvalue weighted by Crippen LogP contribution is -2.14. The lowest BCUT2D eigenvalue weighted by molar-refractivity contribution is -0.115. The maximum atomic E-state index is 14.0. The number of H-pyrrole nitrogens is 2. The second-order valence-electron chi connectivity index (χ2n) is 9.87. The fourth-order valence-corrected chi connectivity index (χ4v) is 5.02. The van der Waals surface area contributed by atoms with Crippen LogP contribution in [0.25, 0.3) is 55.7 Å². The van der Waals surface area contributed by atoms with Crippen LogP contribution >= 0.6 is 0 Å². The zero-order valence-electron chi connectivity index (χ0n) is 22.0. The number of rotatable bonds is 6. The average molecular weight is 556 g/mol. The topological polar surface area (TPSA) is 132 Å². The molecule has 7 rings (SSSR count). The van der Waals surface area contributed by atoms with Crippen LogP contribution in [0.3, 0.4) is 0 Å². The van der Waals surface area contributed by atoms with Crippen molar-refractivity contribution in [1.29, 1.82) is 0 Å². The van der Waals surface area contributed by atoms with Gasteiger partial charge in [0.1, 0.15) is 22.8 Å². The van der Waals surface area contributed by atoms with Crippen LogP contribution in [0.5, 0.6) is 5.75 Å². The smallest absolute Gasteiger partial charge is 0.228 e. The molecule has 10 heteroatoms. The van der Waals surface area contributed by atoms with E-state index >= 15 is 0 Å². The molecule has 9 nitrogen and oxygen atoms in total. The van der Waals surface area contributed by atoms with E-state index in [2.05, 4.69) is 30.5 Å². The highest BCUT2D eigenvalue weighted by Gasteiger charge is 2.17. The second-order valence-corrected chi connectivity index (χ2v) is 9.87. The fraction of sp³-hybridized carbons (Fsp3) is 0.0312. The molecule has 4 N–H and O–H groups in total. The number of amides is 1. The summed E-state index contributed by atoms with van der Waals surface area (Å²) >= 11 is 0. The monoisotopic (exact) mass is 555 g/mol. The number of aromatic hydroxyl groups is 1. The maximum absolute atomic E-state index is 14.0. The molecule has 5 heterocycles. The van der Waals surface area contributed by atoms with Crippen molar-refractivity contribution in [2.75, 3.05) is 5.32 Å². The number of fused-ring (bicyclic) bond motifs is 2. The number of phenols is 1. The van der Waals surface area contributed by atoms with E-state index in [1.807, 2.05) is 54.6 Å². The van der Waals surface area contributed by atoms with Gasteiger partial charge in [-0.25, -0.2) is 9.37 Å². The van der Waals surface area contributed by atoms with Crippen LogP contribution in [0, 0.1) is 5.82 Å². The van der Waals surface area contributed by atoms with Gasteiger partial charge in [0.25, 0.3) is 0 Å². The molecular formula is C32H22FN7O2. The van der Waals surface area contributed by atoms with Gasteiger partial charge in [0.2, 0.25) is 5.91 Å². The normalized spacial score (nSPS) is 11.3. The largest absolute Gasteiger partial charge is 0.508 e. The number of carbonyl (C=O) groups excluding carboxylic acids is 1. The standard InChI is InChI=1S/C32H22FN7O2/c33-21-9-19(11-23(41)12-21)25-16-35-17-29-24(25)13-28(37-29)32-31-27(39-40-32)7-6-26(38-31)20-10-22(15-34-14-20)36-30(42)8-18-4-2-1-3-5-18/h1-7,9-17,37,41H,8H2,(H,36,42)(H,39,40). The Kier molecular flexibility index (Phi) is 6.12. The second kappa shape index (κ2) is 10.3. The third-order valence-corrected chi connectivity index (χ3v) is 6.93. The van der Waals surface area contributed by atoms with Gasteiger partial charge in [-0.15, -0.1) is 0 Å². The molecule has 0 radical (unpaired) electrons. The van der Waals surface area contributed by atoms with Crippen LogP contribution in [0.15, 0.2) is 97.6 Å². The fourth-order valence-electron chi connectivity index (χ4n) is 5.02. The van der Waals surface area contributed by atoms with Crippen molar-refractivity contribution in [2.24, 2.45) is 0 Å². The van der Waals surface area contributed by atoms with Crippen molar-refractivity contribution in [3.8, 4) is 39.5 Å². The van der Waals surface area contributed by atoms with Crippen LogP contribution in [-0.2, 0) is 11.2 Å². The first-order valence-electron chi connectivity index (χ1n) is 13.1. The Bertz CT molecular complexity index is 2080. The van der Waals surface area contributed by atoms with E-state index in [1.54, 1.807) is 24.8 Å². The number of nitrogens with zero attached hydrogens (tertiary/aromatic N) is 4. The van der Waals surface area contributed by atoms with E-state index in [9.17, 15) is 14.3 Å². The minimum Gasteiger partial charge on any atom is -0.508 e. The first kappa shape index (κ1) is 25.1. The van der Waals surface area contributed by atoms with Gasteiger partial charge in [-0.05, 0) is 47.5 Å². The Morgan fingerprint density at radius 1 is 0.881 bits per heavy atom. The highest BCUT2D eigenvalue weighted by Crippen LogP contribution is 2.35. The summed E-state index contributed by atoms with van der Waals surface area (Å²) in [5, 5.41) is 21.2. The number of phenolic OH excluding ortho intramolecular Hbond substituents is 1. The molecule has 204 valence electrons. The number of anilines is 1. The van der Waals surface area contributed by atoms with Gasteiger partial charge in [0.05, 0.1) is 46.9 Å². The molecule has 0 aliphatic rings. The molecular weight excluding hydrogens is 533 g/mol. The van der Waals surface area contributed by atoms with Gasteiger partial charge in [-0.2, -0.15) is 5.10 Å². The summed E-state index contributed by atoms with van der Waals surface area (Å²) in [7, 11) is 0. The average Bonchev–Trinajstić information content (AvgIpc) is 3.61. The van der Waals surface area contributed by atoms with Crippen molar-refractivity contribution in [3.63, 3.8) is 0 Å². The zero-order chi connectivity index (χ0) is 28.6. The molecule has 0 atom stereocenters. The first-order valence-corrected chi connectivity index (χ1v) is 13.1. The summed E-state index contributed by atoms with van der Waals surface area (Å²) in [6.07, 6.45) is 6.86. The number of pyridine rings is 3. The Morgan fingerprint density at radius 3 is 2.60 bits per heavy atom. The summed E-state index contributed by atoms with van der Waals surface area (Å²) in [5.41, 5.74) is 7.43. The molecule has 5 aromatic heterocycles. The number of hydrogen-bond donors (Lipinski definition) is 4. The third kappa shape index (κ3) is 4.81. The van der Waals surface area contributed by atoms with Gasteiger partial charge >= 0.3 is 0 Å². The summed E-state index contributed by atoms with van der Waals surface area (Å²) in [6, 6.07) is 20.9. The maximum Gasteiger partial charge on any atom is 0.228 e. The number of nitrogens with one attached hydrogen (secondary N) is 3. The van der Waals surface area contributed by atoms with E-state index in [1.165, 1.54) is 12.1 Å². The molecule has 7 aromatic rings.